The van der Waals surface area contributed by atoms with Crippen molar-refractivity contribution < 1.29 is 28.8 Å². The topological polar surface area (TPSA) is 297 Å². The third kappa shape index (κ3) is 14.5. The summed E-state index contributed by atoms with van der Waals surface area (Å²) >= 11 is 1.60. The fraction of sp³-hybridized carbons (Fsp3) is 0.641. The van der Waals surface area contributed by atoms with E-state index in [4.69, 9.17) is 28.7 Å². The van der Waals surface area contributed by atoms with Gasteiger partial charge in [0, 0.05) is 44.0 Å². The Morgan fingerprint density at radius 3 is 2.05 bits per heavy atom. The van der Waals surface area contributed by atoms with Crippen LogP contribution in [0, 0.1) is 11.8 Å². The van der Waals surface area contributed by atoms with Crippen LogP contribution in [0.2, 0.25) is 0 Å². The van der Waals surface area contributed by atoms with Crippen molar-refractivity contribution in [3.05, 3.63) is 35.9 Å². The lowest BCUT2D eigenvalue weighted by Gasteiger charge is -2.38. The molecule has 0 spiro atoms. The summed E-state index contributed by atoms with van der Waals surface area (Å²) in [5, 5.41) is 8.18. The third-order valence-corrected chi connectivity index (χ3v) is 12.2. The number of hydrogen-bond acceptors (Lipinski definition) is 9. The zero-order chi connectivity index (χ0) is 41.3. The number of hydrogen-bond donors (Lipinski definition) is 8. The summed E-state index contributed by atoms with van der Waals surface area (Å²) in [5.41, 5.74) is 28.0. The van der Waals surface area contributed by atoms with E-state index < -0.39 is 47.8 Å². The largest absolute Gasteiger partial charge is 0.370 e. The van der Waals surface area contributed by atoms with E-state index in [1.165, 1.54) is 19.3 Å². The lowest BCUT2D eigenvalue weighted by Crippen LogP contribution is -2.56. The van der Waals surface area contributed by atoms with Crippen molar-refractivity contribution in [2.75, 3.05) is 18.8 Å². The number of guanidine groups is 2. The number of rotatable bonds is 22. The molecule has 1 aromatic carbocycles. The van der Waals surface area contributed by atoms with Crippen molar-refractivity contribution in [2.45, 2.75) is 126 Å². The van der Waals surface area contributed by atoms with Gasteiger partial charge in [-0.05, 0) is 56.4 Å². The van der Waals surface area contributed by atoms with Crippen LogP contribution in [-0.2, 0) is 35.2 Å². The summed E-state index contributed by atoms with van der Waals surface area (Å²) in [6.45, 7) is 0.460. The SMILES string of the molecule is NC(=O)[C@H](CCCN=C(N)N)NC(=O)[C@H](Cc1ccccc1)NC(=O)CCC(=O)C(CCCN=C(N)N)NC(=O)[C@@H]1CSC2CCC(CC3CCCCC3)C(=O)N21. The normalized spacial score (nSPS) is 20.9. The van der Waals surface area contributed by atoms with Gasteiger partial charge >= 0.3 is 0 Å². The van der Waals surface area contributed by atoms with Crippen molar-refractivity contribution in [1.82, 2.24) is 20.9 Å². The minimum atomic E-state index is -1.10. The van der Waals surface area contributed by atoms with E-state index >= 15 is 0 Å². The molecule has 2 saturated heterocycles. The highest BCUT2D eigenvalue weighted by Crippen LogP contribution is 2.41. The molecule has 3 fully saturated rings. The second-order valence-electron chi connectivity index (χ2n) is 15.3. The standard InChI is InChI=1S/C39H61N11O6S/c40-34(53)28(14-8-20-46-39(43)44)49-35(54)29(22-25-11-5-2-6-12-25)47-32(52)17-16-31(51)27(13-7-19-45-38(41)42)48-36(55)30-23-57-33-18-15-26(37(56)50(30)33)21-24-9-3-1-4-10-24/h2,5-6,11-12,24,26-30,33H,1,3-4,7-10,13-23H2,(H2,40,53)(H,47,52)(H,48,55)(H,49,54)(H4,41,42,45)(H4,43,44,46)/t26?,27?,28-,29-,30-,33?/m0/s1. The fourth-order valence-electron chi connectivity index (χ4n) is 7.89. The number of carbonyl (C=O) groups excluding carboxylic acids is 6. The molecule has 0 radical (unpaired) electrons. The molecule has 5 amide bonds. The molecule has 3 aliphatic rings. The molecular formula is C39H61N11O6S. The zero-order valence-electron chi connectivity index (χ0n) is 32.7. The Kier molecular flexibility index (Phi) is 17.9. The second-order valence-corrected chi connectivity index (χ2v) is 16.5. The Balaban J connectivity index is 1.39. The van der Waals surface area contributed by atoms with Crippen molar-refractivity contribution in [3.63, 3.8) is 0 Å². The number of amides is 5. The number of carbonyl (C=O) groups is 6. The Morgan fingerprint density at radius 1 is 0.772 bits per heavy atom. The molecule has 1 saturated carbocycles. The summed E-state index contributed by atoms with van der Waals surface area (Å²) in [5.74, 6) is -2.04. The Labute approximate surface area is 338 Å². The predicted octanol–water partition coefficient (Wildman–Crippen LogP) is 0.276. The van der Waals surface area contributed by atoms with Crippen LogP contribution in [0.4, 0.5) is 0 Å². The number of piperidine rings is 1. The molecule has 0 aromatic heterocycles. The maximum atomic E-state index is 13.9. The quantitative estimate of drug-likeness (QED) is 0.0447. The Bertz CT molecular complexity index is 1600. The molecule has 4 rings (SSSR count). The molecule has 2 heterocycles. The monoisotopic (exact) mass is 811 g/mol. The third-order valence-electron chi connectivity index (χ3n) is 10.9. The molecular weight excluding hydrogens is 751 g/mol. The molecule has 0 bridgehead atoms. The van der Waals surface area contributed by atoms with Crippen LogP contribution in [0.1, 0.15) is 95.5 Å². The highest BCUT2D eigenvalue weighted by Gasteiger charge is 2.47. The zero-order valence-corrected chi connectivity index (χ0v) is 33.6. The van der Waals surface area contributed by atoms with E-state index in [9.17, 15) is 28.8 Å². The van der Waals surface area contributed by atoms with E-state index in [1.807, 2.05) is 6.07 Å². The summed E-state index contributed by atoms with van der Waals surface area (Å²) in [6.07, 6.45) is 9.16. The lowest BCUT2D eigenvalue weighted by atomic mass is 9.80. The van der Waals surface area contributed by atoms with Gasteiger partial charge < -0.3 is 49.5 Å². The second kappa shape index (κ2) is 22.8. The number of Topliss-reactive ketones (excluding diaryl/α,β-unsaturated/α-hetero) is 1. The molecule has 6 atom stereocenters. The number of thioether (sulfide) groups is 1. The van der Waals surface area contributed by atoms with Crippen molar-refractivity contribution in [1.29, 1.82) is 0 Å². The molecule has 1 aromatic rings. The van der Waals surface area contributed by atoms with Gasteiger partial charge in [-0.15, -0.1) is 11.8 Å². The van der Waals surface area contributed by atoms with Crippen LogP contribution in [0.15, 0.2) is 40.3 Å². The average molecular weight is 812 g/mol. The predicted molar refractivity (Wildman–Crippen MR) is 220 cm³/mol. The number of primary amides is 1. The van der Waals surface area contributed by atoms with Gasteiger partial charge in [0.15, 0.2) is 17.7 Å². The number of nitrogens with zero attached hydrogens (tertiary/aromatic N) is 3. The van der Waals surface area contributed by atoms with Gasteiger partial charge in [0.25, 0.3) is 0 Å². The van der Waals surface area contributed by atoms with Gasteiger partial charge in [0.2, 0.25) is 29.5 Å². The van der Waals surface area contributed by atoms with Gasteiger partial charge in [-0.2, -0.15) is 0 Å². The van der Waals surface area contributed by atoms with E-state index in [2.05, 4.69) is 25.9 Å². The average Bonchev–Trinajstić information content (AvgIpc) is 3.63. The molecule has 1 aliphatic carbocycles. The first kappa shape index (κ1) is 44.8. The molecule has 3 unspecified atom stereocenters. The number of fused-ring (bicyclic) bond motifs is 1. The first-order valence-corrected chi connectivity index (χ1v) is 21.2. The van der Waals surface area contributed by atoms with Crippen LogP contribution < -0.4 is 44.6 Å². The number of nitrogens with one attached hydrogen (secondary N) is 3. The Hall–Kier alpha value is -4.87. The first-order chi connectivity index (χ1) is 27.3. The van der Waals surface area contributed by atoms with E-state index in [0.717, 1.165) is 37.7 Å². The summed E-state index contributed by atoms with van der Waals surface area (Å²) < 4.78 is 0. The van der Waals surface area contributed by atoms with Gasteiger partial charge in [-0.3, -0.25) is 38.8 Å². The fourth-order valence-corrected chi connectivity index (χ4v) is 9.32. The molecule has 13 N–H and O–H groups in total. The van der Waals surface area contributed by atoms with E-state index in [-0.39, 0.29) is 80.1 Å². The number of nitrogens with two attached hydrogens (primary N) is 5. The van der Waals surface area contributed by atoms with Crippen LogP contribution in [0.5, 0.6) is 0 Å². The molecule has 57 heavy (non-hydrogen) atoms. The summed E-state index contributed by atoms with van der Waals surface area (Å²) in [4.78, 5) is 90.1. The molecule has 17 nitrogen and oxygen atoms in total. The minimum Gasteiger partial charge on any atom is -0.370 e. The summed E-state index contributed by atoms with van der Waals surface area (Å²) in [7, 11) is 0. The number of ketones is 1. The number of benzene rings is 1. The highest BCUT2D eigenvalue weighted by molar-refractivity contribution is 8.00. The van der Waals surface area contributed by atoms with E-state index in [0.29, 0.717) is 24.5 Å². The van der Waals surface area contributed by atoms with Crippen molar-refractivity contribution >= 4 is 59.0 Å². The maximum Gasteiger partial charge on any atom is 0.244 e. The van der Waals surface area contributed by atoms with Crippen LogP contribution in [0.3, 0.4) is 0 Å². The molecule has 314 valence electrons. The van der Waals surface area contributed by atoms with Gasteiger partial charge in [-0.25, -0.2) is 0 Å². The molecule has 18 heteroatoms. The first-order valence-electron chi connectivity index (χ1n) is 20.1. The van der Waals surface area contributed by atoms with Crippen molar-refractivity contribution in [3.8, 4) is 0 Å². The maximum absolute atomic E-state index is 13.9. The highest BCUT2D eigenvalue weighted by atomic mass is 32.2. The smallest absolute Gasteiger partial charge is 0.244 e. The van der Waals surface area contributed by atoms with Crippen LogP contribution >= 0.6 is 11.8 Å². The Morgan fingerprint density at radius 2 is 1.42 bits per heavy atom. The van der Waals surface area contributed by atoms with E-state index in [1.54, 1.807) is 40.9 Å². The molecule has 2 aliphatic heterocycles. The van der Waals surface area contributed by atoms with Crippen LogP contribution in [0.25, 0.3) is 0 Å². The number of aliphatic imine (C=N–C) groups is 2. The van der Waals surface area contributed by atoms with Gasteiger partial charge in [0.1, 0.15) is 18.1 Å². The lowest BCUT2D eigenvalue weighted by molar-refractivity contribution is -0.147. The van der Waals surface area contributed by atoms with Gasteiger partial charge in [-0.1, -0.05) is 62.4 Å². The van der Waals surface area contributed by atoms with Crippen LogP contribution in [-0.4, -0.2) is 101 Å². The summed E-state index contributed by atoms with van der Waals surface area (Å²) in [6, 6.07) is 5.21. The minimum absolute atomic E-state index is 0.0245. The van der Waals surface area contributed by atoms with Crippen molar-refractivity contribution in [2.24, 2.45) is 50.5 Å². The van der Waals surface area contributed by atoms with Gasteiger partial charge in [0.05, 0.1) is 11.4 Å².